The summed E-state index contributed by atoms with van der Waals surface area (Å²) in [5, 5.41) is 16.4. The highest BCUT2D eigenvalue weighted by atomic mass is 32.2. The zero-order chi connectivity index (χ0) is 34.5. The summed E-state index contributed by atoms with van der Waals surface area (Å²) in [5.41, 5.74) is 9.56. The van der Waals surface area contributed by atoms with E-state index in [2.05, 4.69) is 137 Å². The number of furan rings is 1. The predicted molar refractivity (Wildman–Crippen MR) is 211 cm³/mol. The number of nitriles is 1. The molecule has 0 unspecified atom stereocenters. The Bertz CT molecular complexity index is 2920. The van der Waals surface area contributed by atoms with Gasteiger partial charge in [-0.25, -0.2) is 0 Å². The molecule has 9 aromatic rings. The summed E-state index contributed by atoms with van der Waals surface area (Å²) in [5.74, 6) is 0. The standard InChI is InChI=1S/C44H27N3OS.C2H6/c45-27-28-14-18-31(19-15-28)49-32-20-16-30(17-21-32)47-40-26-37-33-10-4-6-12-38(33)46(29-8-2-1-3-9-29)39(37)24-22-34(40)35-23-25-42-43(44(35)47)36-11-5-7-13-41(36)48-42;1-2/h1-21,23-26H,22H2;1-2H3. The molecule has 10 rings (SSSR count). The lowest BCUT2D eigenvalue weighted by Crippen LogP contribution is -2.28. The maximum absolute atomic E-state index is 9.22. The predicted octanol–water partition coefficient (Wildman–Crippen LogP) is 10.7. The third-order valence-corrected chi connectivity index (χ3v) is 10.7. The summed E-state index contributed by atoms with van der Waals surface area (Å²) >= 11 is 1.70. The van der Waals surface area contributed by atoms with Gasteiger partial charge in [0.25, 0.3) is 0 Å². The molecule has 0 atom stereocenters. The van der Waals surface area contributed by atoms with Gasteiger partial charge in [-0.1, -0.05) is 86.3 Å². The van der Waals surface area contributed by atoms with Gasteiger partial charge in [-0.15, -0.1) is 0 Å². The van der Waals surface area contributed by atoms with Crippen molar-refractivity contribution in [3.8, 4) is 17.4 Å². The van der Waals surface area contributed by atoms with E-state index in [9.17, 15) is 5.26 Å². The number of hydrogen-bond acceptors (Lipinski definition) is 3. The maximum atomic E-state index is 9.22. The van der Waals surface area contributed by atoms with Crippen molar-refractivity contribution in [2.75, 3.05) is 0 Å². The van der Waals surface area contributed by atoms with Gasteiger partial charge in [0.05, 0.1) is 39.1 Å². The lowest BCUT2D eigenvalue weighted by molar-refractivity contribution is 0.669. The van der Waals surface area contributed by atoms with Gasteiger partial charge in [0.2, 0.25) is 0 Å². The summed E-state index contributed by atoms with van der Waals surface area (Å²) in [6.45, 7) is 4.00. The molecule has 0 spiro atoms. The summed E-state index contributed by atoms with van der Waals surface area (Å²) < 4.78 is 11.3. The van der Waals surface area contributed by atoms with Gasteiger partial charge >= 0.3 is 0 Å². The van der Waals surface area contributed by atoms with Gasteiger partial charge in [-0.3, -0.25) is 0 Å². The summed E-state index contributed by atoms with van der Waals surface area (Å²) in [6.07, 6.45) is 5.60. The van der Waals surface area contributed by atoms with Crippen LogP contribution >= 0.6 is 11.8 Å². The molecule has 1 aliphatic carbocycles. The van der Waals surface area contributed by atoms with Crippen LogP contribution in [0.2, 0.25) is 0 Å². The van der Waals surface area contributed by atoms with E-state index in [1.807, 2.05) is 44.2 Å². The Balaban J connectivity index is 0.00000171. The molecule has 0 bridgehead atoms. The van der Waals surface area contributed by atoms with E-state index < -0.39 is 0 Å². The molecule has 0 saturated carbocycles. The van der Waals surface area contributed by atoms with Gasteiger partial charge in [-0.2, -0.15) is 5.26 Å². The van der Waals surface area contributed by atoms with Crippen LogP contribution in [0.5, 0.6) is 0 Å². The second kappa shape index (κ2) is 12.6. The minimum atomic E-state index is 0.668. The third kappa shape index (κ3) is 4.99. The topological polar surface area (TPSA) is 46.8 Å². The summed E-state index contributed by atoms with van der Waals surface area (Å²) in [7, 11) is 0. The minimum Gasteiger partial charge on any atom is -0.456 e. The second-order valence-electron chi connectivity index (χ2n) is 12.4. The van der Waals surface area contributed by atoms with Crippen LogP contribution in [-0.4, -0.2) is 9.13 Å². The van der Waals surface area contributed by atoms with Crippen LogP contribution in [0.3, 0.4) is 0 Å². The van der Waals surface area contributed by atoms with Crippen molar-refractivity contribution in [3.63, 3.8) is 0 Å². The van der Waals surface area contributed by atoms with Crippen molar-refractivity contribution in [1.29, 1.82) is 5.26 Å². The molecule has 4 nitrogen and oxygen atoms in total. The Kier molecular flexibility index (Phi) is 7.60. The lowest BCUT2D eigenvalue weighted by atomic mass is 10.0. The van der Waals surface area contributed by atoms with Crippen LogP contribution in [0.1, 0.15) is 30.7 Å². The van der Waals surface area contributed by atoms with E-state index in [1.54, 1.807) is 11.8 Å². The number of fused-ring (bicyclic) bond motifs is 10. The molecule has 6 aromatic carbocycles. The highest BCUT2D eigenvalue weighted by Crippen LogP contribution is 2.41. The molecule has 244 valence electrons. The third-order valence-electron chi connectivity index (χ3n) is 9.68. The highest BCUT2D eigenvalue weighted by Gasteiger charge is 2.23. The zero-order valence-corrected chi connectivity index (χ0v) is 29.1. The van der Waals surface area contributed by atoms with E-state index in [4.69, 9.17) is 4.42 Å². The fourth-order valence-electron chi connectivity index (χ4n) is 7.53. The van der Waals surface area contributed by atoms with Crippen LogP contribution in [0.4, 0.5) is 0 Å². The van der Waals surface area contributed by atoms with E-state index in [0.29, 0.717) is 5.56 Å². The van der Waals surface area contributed by atoms with Gasteiger partial charge in [-0.05, 0) is 103 Å². The van der Waals surface area contributed by atoms with Crippen LogP contribution < -0.4 is 10.6 Å². The summed E-state index contributed by atoms with van der Waals surface area (Å²) in [4.78, 5) is 2.24. The number of aromatic nitrogens is 2. The molecular formula is C46H33N3OS. The Labute approximate surface area is 299 Å². The molecule has 5 heteroatoms. The summed E-state index contributed by atoms with van der Waals surface area (Å²) in [6, 6.07) is 50.9. The minimum absolute atomic E-state index is 0.668. The molecule has 0 radical (unpaired) electrons. The normalized spacial score (nSPS) is 12.0. The van der Waals surface area contributed by atoms with Crippen LogP contribution in [0.25, 0.3) is 67.3 Å². The number of benzene rings is 6. The largest absolute Gasteiger partial charge is 0.456 e. The number of hydrogen-bond donors (Lipinski definition) is 0. The van der Waals surface area contributed by atoms with Crippen LogP contribution in [0.15, 0.2) is 154 Å². The Morgan fingerprint density at radius 1 is 0.627 bits per heavy atom. The first-order valence-electron chi connectivity index (χ1n) is 17.4. The zero-order valence-electron chi connectivity index (χ0n) is 28.3. The average molecular weight is 676 g/mol. The Morgan fingerprint density at radius 2 is 1.29 bits per heavy atom. The smallest absolute Gasteiger partial charge is 0.137 e. The monoisotopic (exact) mass is 675 g/mol. The second-order valence-corrected chi connectivity index (χ2v) is 13.6. The van der Waals surface area contributed by atoms with Crippen molar-refractivity contribution in [2.45, 2.75) is 30.1 Å². The van der Waals surface area contributed by atoms with Gasteiger partial charge in [0.1, 0.15) is 11.2 Å². The van der Waals surface area contributed by atoms with E-state index in [-0.39, 0.29) is 0 Å². The lowest BCUT2D eigenvalue weighted by Gasteiger charge is -2.11. The Hall–Kier alpha value is -6.22. The highest BCUT2D eigenvalue weighted by molar-refractivity contribution is 7.99. The number of rotatable bonds is 4. The van der Waals surface area contributed by atoms with E-state index in [0.717, 1.165) is 49.5 Å². The molecule has 0 fully saturated rings. The molecule has 0 amide bonds. The first kappa shape index (κ1) is 30.8. The fraction of sp³-hybridized carbons (Fsp3) is 0.0652. The van der Waals surface area contributed by atoms with Crippen molar-refractivity contribution in [2.24, 2.45) is 0 Å². The van der Waals surface area contributed by atoms with Crippen LogP contribution in [0, 0.1) is 11.3 Å². The molecule has 51 heavy (non-hydrogen) atoms. The molecular weight excluding hydrogens is 643 g/mol. The molecule has 0 N–H and O–H groups in total. The average Bonchev–Trinajstić information content (AvgIpc) is 3.78. The van der Waals surface area contributed by atoms with Crippen molar-refractivity contribution >= 4 is 67.7 Å². The van der Waals surface area contributed by atoms with Gasteiger partial charge in [0, 0.05) is 42.5 Å². The van der Waals surface area contributed by atoms with E-state index >= 15 is 0 Å². The first-order chi connectivity index (χ1) is 25.2. The van der Waals surface area contributed by atoms with Crippen molar-refractivity contribution in [1.82, 2.24) is 9.13 Å². The fourth-order valence-corrected chi connectivity index (χ4v) is 8.34. The van der Waals surface area contributed by atoms with E-state index in [1.165, 1.54) is 43.6 Å². The first-order valence-corrected chi connectivity index (χ1v) is 18.2. The molecule has 3 aromatic heterocycles. The Morgan fingerprint density at radius 3 is 2.06 bits per heavy atom. The quantitative estimate of drug-likeness (QED) is 0.187. The van der Waals surface area contributed by atoms with Crippen LogP contribution in [-0.2, 0) is 6.42 Å². The van der Waals surface area contributed by atoms with Gasteiger partial charge in [0.15, 0.2) is 0 Å². The maximum Gasteiger partial charge on any atom is 0.137 e. The molecule has 0 aliphatic heterocycles. The van der Waals surface area contributed by atoms with Crippen molar-refractivity contribution in [3.05, 3.63) is 167 Å². The molecule has 3 heterocycles. The van der Waals surface area contributed by atoms with Crippen molar-refractivity contribution < 1.29 is 4.42 Å². The number of nitrogens with zero attached hydrogens (tertiary/aromatic N) is 3. The SMILES string of the molecule is CC.N#Cc1ccc(Sc2ccc(-n3c4c(c5ccc6oc7ccccc7c6c53)CC=c3c(c5ccccc5n3-c3ccccc3)=C4)cc2)cc1. The molecule has 0 saturated heterocycles. The molecule has 1 aliphatic rings. The van der Waals surface area contributed by atoms with Gasteiger partial charge < -0.3 is 13.6 Å². The number of para-hydroxylation sites is 3.